The van der Waals surface area contributed by atoms with Gasteiger partial charge in [0.05, 0.1) is 11.0 Å². The van der Waals surface area contributed by atoms with Crippen LogP contribution >= 0.6 is 0 Å². The van der Waals surface area contributed by atoms with E-state index >= 15 is 0 Å². The predicted molar refractivity (Wildman–Crippen MR) is 197 cm³/mol. The van der Waals surface area contributed by atoms with Crippen LogP contribution in [0.25, 0.3) is 71.7 Å². The quantitative estimate of drug-likeness (QED) is 0.189. The van der Waals surface area contributed by atoms with E-state index in [1.807, 2.05) is 0 Å². The minimum atomic E-state index is 0.149. The maximum atomic E-state index is 6.51. The lowest BCUT2D eigenvalue weighted by molar-refractivity contribution is -0.0399. The van der Waals surface area contributed by atoms with E-state index in [1.54, 1.807) is 11.1 Å². The lowest BCUT2D eigenvalue weighted by Gasteiger charge is -2.61. The molecule has 0 aliphatic heterocycles. The Kier molecular flexibility index (Phi) is 4.91. The van der Waals surface area contributed by atoms with Crippen LogP contribution in [0.3, 0.4) is 0 Å². The summed E-state index contributed by atoms with van der Waals surface area (Å²) < 4.78 is 9.05. The van der Waals surface area contributed by atoms with Gasteiger partial charge in [-0.2, -0.15) is 0 Å². The molecule has 8 aromatic rings. The molecule has 5 aliphatic rings. The van der Waals surface area contributed by atoms with Crippen LogP contribution in [0.4, 0.5) is 0 Å². The summed E-state index contributed by atoms with van der Waals surface area (Å²) in [5.74, 6) is 3.37. The first-order valence-corrected chi connectivity index (χ1v) is 17.9. The fraction of sp³-hybridized carbons (Fsp3) is 0.217. The van der Waals surface area contributed by atoms with Gasteiger partial charge in [0.1, 0.15) is 11.2 Å². The SMILES string of the molecule is c1ccc2c(c1)-c1ccc(-n3c4ccccc4c4ccc(-c5cccc6c5oc5ccccc56)cc43)cc1C21C2CC3CC(C2)CC1C3. The monoisotopic (exact) mass is 617 g/mol. The number of nitrogens with zero attached hydrogens (tertiary/aromatic N) is 1. The van der Waals surface area contributed by atoms with Gasteiger partial charge in [-0.3, -0.25) is 0 Å². The Morgan fingerprint density at radius 3 is 2.06 bits per heavy atom. The van der Waals surface area contributed by atoms with Gasteiger partial charge in [-0.15, -0.1) is 0 Å². The van der Waals surface area contributed by atoms with Gasteiger partial charge in [0, 0.05) is 38.2 Å². The van der Waals surface area contributed by atoms with Crippen molar-refractivity contribution in [1.82, 2.24) is 4.57 Å². The van der Waals surface area contributed by atoms with Crippen LogP contribution in [-0.2, 0) is 5.41 Å². The zero-order chi connectivity index (χ0) is 31.1. The Balaban J connectivity index is 1.11. The summed E-state index contributed by atoms with van der Waals surface area (Å²) in [5, 5.41) is 4.93. The molecule has 2 aromatic heterocycles. The fourth-order valence-electron chi connectivity index (χ4n) is 11.7. The second-order valence-electron chi connectivity index (χ2n) is 15.3. The molecule has 4 bridgehead atoms. The molecule has 2 heteroatoms. The number of aromatic nitrogens is 1. The predicted octanol–water partition coefficient (Wildman–Crippen LogP) is 12.1. The molecule has 5 aliphatic carbocycles. The van der Waals surface area contributed by atoms with Crippen molar-refractivity contribution in [1.29, 1.82) is 0 Å². The Hall–Kier alpha value is -5.08. The normalized spacial score (nSPS) is 25.2. The molecule has 0 radical (unpaired) electrons. The molecule has 4 saturated carbocycles. The van der Waals surface area contributed by atoms with Gasteiger partial charge < -0.3 is 8.98 Å². The van der Waals surface area contributed by atoms with Crippen molar-refractivity contribution in [2.24, 2.45) is 23.7 Å². The first-order chi connectivity index (χ1) is 23.8. The van der Waals surface area contributed by atoms with Gasteiger partial charge in [-0.25, -0.2) is 0 Å². The van der Waals surface area contributed by atoms with Crippen LogP contribution < -0.4 is 0 Å². The molecule has 0 atom stereocenters. The number of benzene rings is 6. The van der Waals surface area contributed by atoms with Gasteiger partial charge in [0.2, 0.25) is 0 Å². The van der Waals surface area contributed by atoms with Gasteiger partial charge >= 0.3 is 0 Å². The van der Waals surface area contributed by atoms with Crippen molar-refractivity contribution >= 4 is 43.7 Å². The van der Waals surface area contributed by atoms with E-state index in [9.17, 15) is 0 Å². The smallest absolute Gasteiger partial charge is 0.143 e. The molecular weight excluding hydrogens is 583 g/mol. The van der Waals surface area contributed by atoms with Crippen LogP contribution in [0.2, 0.25) is 0 Å². The first-order valence-electron chi connectivity index (χ1n) is 17.9. The maximum absolute atomic E-state index is 6.51. The standard InChI is InChI=1S/C46H35NO/c1-4-13-40-34(8-1)35-19-17-32(26-41(35)46(40)30-21-27-20-28(23-30)24-31(46)22-27)47-42-14-5-2-9-36(42)37-18-16-29(25-43(37)47)33-11-7-12-39-38-10-3-6-15-44(38)48-45(33)39/h1-19,25-28,30-31H,20-24H2. The third-order valence-electron chi connectivity index (χ3n) is 13.2. The number of rotatable bonds is 2. The second-order valence-corrected chi connectivity index (χ2v) is 15.3. The number of hydrogen-bond acceptors (Lipinski definition) is 1. The van der Waals surface area contributed by atoms with Crippen LogP contribution in [0.1, 0.15) is 43.2 Å². The van der Waals surface area contributed by atoms with E-state index in [2.05, 4.69) is 132 Å². The third-order valence-corrected chi connectivity index (χ3v) is 13.2. The lowest BCUT2D eigenvalue weighted by atomic mass is 9.43. The molecule has 0 amide bonds. The second kappa shape index (κ2) is 9.08. The van der Waals surface area contributed by atoms with Crippen LogP contribution in [0.5, 0.6) is 0 Å². The highest BCUT2D eigenvalue weighted by atomic mass is 16.3. The third kappa shape index (κ3) is 3.15. The maximum Gasteiger partial charge on any atom is 0.143 e. The summed E-state index contributed by atoms with van der Waals surface area (Å²) in [6.07, 6.45) is 7.07. The van der Waals surface area contributed by atoms with E-state index in [0.717, 1.165) is 40.4 Å². The average molecular weight is 618 g/mol. The molecule has 2 nitrogen and oxygen atoms in total. The fourth-order valence-corrected chi connectivity index (χ4v) is 11.7. The molecule has 0 unspecified atom stereocenters. The van der Waals surface area contributed by atoms with Crippen molar-refractivity contribution in [2.75, 3.05) is 0 Å². The van der Waals surface area contributed by atoms with Gasteiger partial charge in [0.15, 0.2) is 0 Å². The summed E-state index contributed by atoms with van der Waals surface area (Å²) >= 11 is 0. The Labute approximate surface area is 279 Å². The van der Waals surface area contributed by atoms with E-state index in [4.69, 9.17) is 4.42 Å². The molecule has 13 rings (SSSR count). The molecule has 4 fully saturated rings. The number of fused-ring (bicyclic) bond motifs is 9. The van der Waals surface area contributed by atoms with Crippen molar-refractivity contribution in [3.05, 3.63) is 139 Å². The van der Waals surface area contributed by atoms with Crippen molar-refractivity contribution in [3.8, 4) is 27.9 Å². The van der Waals surface area contributed by atoms with Crippen LogP contribution in [-0.4, -0.2) is 4.57 Å². The largest absolute Gasteiger partial charge is 0.455 e. The molecule has 1 spiro atoms. The minimum absolute atomic E-state index is 0.149. The van der Waals surface area contributed by atoms with Crippen LogP contribution in [0.15, 0.2) is 132 Å². The van der Waals surface area contributed by atoms with Gasteiger partial charge in [-0.1, -0.05) is 97.1 Å². The highest BCUT2D eigenvalue weighted by Crippen LogP contribution is 2.69. The van der Waals surface area contributed by atoms with E-state index in [-0.39, 0.29) is 5.41 Å². The first kappa shape index (κ1) is 25.9. The lowest BCUT2D eigenvalue weighted by Crippen LogP contribution is -2.55. The Morgan fingerprint density at radius 2 is 1.19 bits per heavy atom. The van der Waals surface area contributed by atoms with E-state index < -0.39 is 0 Å². The van der Waals surface area contributed by atoms with Crippen molar-refractivity contribution in [3.63, 3.8) is 0 Å². The molecule has 230 valence electrons. The molecule has 2 heterocycles. The average Bonchev–Trinajstić information content (AvgIpc) is 3.76. The van der Waals surface area contributed by atoms with E-state index in [1.165, 1.54) is 87.1 Å². The molecular formula is C46H35NO. The number of hydrogen-bond donors (Lipinski definition) is 0. The van der Waals surface area contributed by atoms with Gasteiger partial charge in [-0.05, 0) is 114 Å². The highest BCUT2D eigenvalue weighted by molar-refractivity contribution is 6.13. The van der Waals surface area contributed by atoms with Crippen molar-refractivity contribution < 1.29 is 4.42 Å². The minimum Gasteiger partial charge on any atom is -0.455 e. The topological polar surface area (TPSA) is 18.1 Å². The molecule has 6 aromatic carbocycles. The van der Waals surface area contributed by atoms with E-state index in [0.29, 0.717) is 0 Å². The number of furan rings is 1. The number of para-hydroxylation sites is 3. The van der Waals surface area contributed by atoms with Crippen LogP contribution in [0, 0.1) is 23.7 Å². The Bertz CT molecular complexity index is 2620. The summed E-state index contributed by atoms with van der Waals surface area (Å²) in [5.41, 5.74) is 14.3. The zero-order valence-electron chi connectivity index (χ0n) is 26.8. The van der Waals surface area contributed by atoms with Gasteiger partial charge in [0.25, 0.3) is 0 Å². The summed E-state index contributed by atoms with van der Waals surface area (Å²) in [7, 11) is 0. The molecule has 48 heavy (non-hydrogen) atoms. The highest BCUT2D eigenvalue weighted by Gasteiger charge is 2.61. The summed E-state index contributed by atoms with van der Waals surface area (Å²) in [4.78, 5) is 0. The summed E-state index contributed by atoms with van der Waals surface area (Å²) in [6.45, 7) is 0. The summed E-state index contributed by atoms with van der Waals surface area (Å²) in [6, 6.07) is 47.8. The van der Waals surface area contributed by atoms with Crippen molar-refractivity contribution in [2.45, 2.75) is 37.5 Å². The molecule has 0 N–H and O–H groups in total. The molecule has 0 saturated heterocycles. The zero-order valence-corrected chi connectivity index (χ0v) is 26.8. The Morgan fingerprint density at radius 1 is 0.500 bits per heavy atom.